The lowest BCUT2D eigenvalue weighted by atomic mass is 9.98. The number of ether oxygens (including phenoxy) is 1. The summed E-state index contributed by atoms with van der Waals surface area (Å²) >= 11 is 0. The average molecular weight is 405 g/mol. The molecule has 2 unspecified atom stereocenters. The Hall–Kier alpha value is -1.19. The Morgan fingerprint density at radius 3 is 2.00 bits per heavy atom. The minimum Gasteiger partial charge on any atom is -0.385 e. The molecule has 0 aliphatic carbocycles. The molecule has 0 aliphatic heterocycles. The third-order valence-corrected chi connectivity index (χ3v) is 5.58. The highest BCUT2D eigenvalue weighted by Crippen LogP contribution is 2.17. The molecule has 29 heavy (non-hydrogen) atoms. The number of benzene rings is 1. The van der Waals surface area contributed by atoms with Crippen LogP contribution in [0.1, 0.15) is 114 Å². The van der Waals surface area contributed by atoms with Crippen molar-refractivity contribution < 1.29 is 14.6 Å². The van der Waals surface area contributed by atoms with E-state index < -0.39 is 6.10 Å². The molecule has 1 N–H and O–H groups in total. The van der Waals surface area contributed by atoms with Gasteiger partial charge in [0.25, 0.3) is 0 Å². The molecule has 1 aromatic rings. The zero-order chi connectivity index (χ0) is 21.2. The summed E-state index contributed by atoms with van der Waals surface area (Å²) < 4.78 is 6.12. The highest BCUT2D eigenvalue weighted by atomic mass is 16.5. The highest BCUT2D eigenvalue weighted by molar-refractivity contribution is 5.99. The van der Waals surface area contributed by atoms with Crippen molar-refractivity contribution in [3.63, 3.8) is 0 Å². The average Bonchev–Trinajstić information content (AvgIpc) is 2.75. The number of aliphatic hydroxyl groups excluding tert-OH is 1. The highest BCUT2D eigenvalue weighted by Gasteiger charge is 2.22. The van der Waals surface area contributed by atoms with Crippen LogP contribution in [0.4, 0.5) is 0 Å². The molecule has 0 bridgehead atoms. The van der Waals surface area contributed by atoms with Gasteiger partial charge >= 0.3 is 0 Å². The maximum absolute atomic E-state index is 12.5. The van der Waals surface area contributed by atoms with E-state index in [-0.39, 0.29) is 11.9 Å². The molecule has 0 saturated heterocycles. The second-order valence-electron chi connectivity index (χ2n) is 8.30. The van der Waals surface area contributed by atoms with Crippen molar-refractivity contribution in [1.82, 2.24) is 0 Å². The normalized spacial score (nSPS) is 13.3. The van der Waals surface area contributed by atoms with Gasteiger partial charge in [-0.1, -0.05) is 115 Å². The maximum Gasteiger partial charge on any atom is 0.191 e. The predicted molar refractivity (Wildman–Crippen MR) is 123 cm³/mol. The van der Waals surface area contributed by atoms with Crippen LogP contribution in [0.3, 0.4) is 0 Å². The number of unbranched alkanes of at least 4 members (excludes halogenated alkanes) is 10. The number of aliphatic hydroxyl groups is 1. The van der Waals surface area contributed by atoms with E-state index in [1.165, 1.54) is 64.2 Å². The van der Waals surface area contributed by atoms with E-state index in [1.807, 2.05) is 18.2 Å². The van der Waals surface area contributed by atoms with Gasteiger partial charge in [-0.25, -0.2) is 0 Å². The fourth-order valence-corrected chi connectivity index (χ4v) is 3.70. The molecular weight excluding hydrogens is 360 g/mol. The minimum atomic E-state index is -0.980. The van der Waals surface area contributed by atoms with Crippen molar-refractivity contribution in [2.45, 2.75) is 116 Å². The Bertz CT molecular complexity index is 500. The third-order valence-electron chi connectivity index (χ3n) is 5.58. The Balaban J connectivity index is 2.40. The minimum absolute atomic E-state index is 0.0283. The largest absolute Gasteiger partial charge is 0.385 e. The Labute approximate surface area is 179 Å². The SMILES string of the molecule is CCCCCCCCOC(CCCCCCCC)CC(O)C(=O)c1ccccc1. The second kappa shape index (κ2) is 17.7. The molecule has 0 spiro atoms. The number of hydrogen-bond donors (Lipinski definition) is 1. The van der Waals surface area contributed by atoms with E-state index >= 15 is 0 Å². The molecule has 0 fully saturated rings. The smallest absolute Gasteiger partial charge is 0.191 e. The lowest BCUT2D eigenvalue weighted by Gasteiger charge is -2.21. The molecule has 0 amide bonds. The molecule has 0 aromatic heterocycles. The molecule has 0 aliphatic rings. The van der Waals surface area contributed by atoms with Crippen LogP contribution in [0.2, 0.25) is 0 Å². The number of hydrogen-bond acceptors (Lipinski definition) is 3. The van der Waals surface area contributed by atoms with E-state index in [1.54, 1.807) is 12.1 Å². The van der Waals surface area contributed by atoms with Crippen LogP contribution >= 0.6 is 0 Å². The summed E-state index contributed by atoms with van der Waals surface area (Å²) in [5.74, 6) is -0.193. The Kier molecular flexibility index (Phi) is 15.7. The third kappa shape index (κ3) is 12.9. The molecule has 0 heterocycles. The van der Waals surface area contributed by atoms with E-state index in [0.29, 0.717) is 12.0 Å². The van der Waals surface area contributed by atoms with E-state index in [4.69, 9.17) is 4.74 Å². The second-order valence-corrected chi connectivity index (χ2v) is 8.30. The van der Waals surface area contributed by atoms with Crippen LogP contribution in [-0.4, -0.2) is 29.7 Å². The zero-order valence-electron chi connectivity index (χ0n) is 18.9. The Morgan fingerprint density at radius 2 is 1.38 bits per heavy atom. The fourth-order valence-electron chi connectivity index (χ4n) is 3.70. The van der Waals surface area contributed by atoms with E-state index in [0.717, 1.165) is 25.9 Å². The van der Waals surface area contributed by atoms with Crippen molar-refractivity contribution in [3.05, 3.63) is 35.9 Å². The topological polar surface area (TPSA) is 46.5 Å². The lowest BCUT2D eigenvalue weighted by molar-refractivity contribution is 0.00808. The van der Waals surface area contributed by atoms with Crippen LogP contribution in [0.25, 0.3) is 0 Å². The van der Waals surface area contributed by atoms with Crippen molar-refractivity contribution >= 4 is 5.78 Å². The number of Topliss-reactive ketones (excluding diaryl/α,β-unsaturated/α-hetero) is 1. The number of ketones is 1. The molecular formula is C26H44O3. The summed E-state index contributed by atoms with van der Waals surface area (Å²) in [5.41, 5.74) is 0.578. The van der Waals surface area contributed by atoms with E-state index in [9.17, 15) is 9.90 Å². The van der Waals surface area contributed by atoms with Crippen molar-refractivity contribution in [2.75, 3.05) is 6.61 Å². The van der Waals surface area contributed by atoms with Crippen molar-refractivity contribution in [3.8, 4) is 0 Å². The molecule has 166 valence electrons. The van der Waals surface area contributed by atoms with Crippen LogP contribution in [0.5, 0.6) is 0 Å². The standard InChI is InChI=1S/C26H44O3/c1-3-5-7-9-11-16-20-24(29-21-17-12-10-8-6-4-2)22-25(27)26(28)23-18-14-13-15-19-23/h13-15,18-19,24-25,27H,3-12,16-17,20-22H2,1-2H3. The van der Waals surface area contributed by atoms with Gasteiger partial charge < -0.3 is 9.84 Å². The quantitative estimate of drug-likeness (QED) is 0.197. The van der Waals surface area contributed by atoms with Gasteiger partial charge in [-0.05, 0) is 12.8 Å². The first kappa shape index (κ1) is 25.8. The molecule has 1 aromatic carbocycles. The molecule has 2 atom stereocenters. The van der Waals surface area contributed by atoms with Crippen molar-refractivity contribution in [2.24, 2.45) is 0 Å². The first-order valence-electron chi connectivity index (χ1n) is 12.1. The summed E-state index contributed by atoms with van der Waals surface area (Å²) in [4.78, 5) is 12.5. The molecule has 1 rings (SSSR count). The summed E-state index contributed by atoms with van der Waals surface area (Å²) in [6.45, 7) is 5.20. The summed E-state index contributed by atoms with van der Waals surface area (Å²) in [5, 5.41) is 10.5. The molecule has 3 nitrogen and oxygen atoms in total. The van der Waals surface area contributed by atoms with E-state index in [2.05, 4.69) is 13.8 Å². The van der Waals surface area contributed by atoms with Crippen LogP contribution in [-0.2, 0) is 4.74 Å². The van der Waals surface area contributed by atoms with Crippen molar-refractivity contribution in [1.29, 1.82) is 0 Å². The van der Waals surface area contributed by atoms with Gasteiger partial charge in [0.1, 0.15) is 6.10 Å². The number of rotatable bonds is 19. The van der Waals surface area contributed by atoms with Gasteiger partial charge in [0.2, 0.25) is 0 Å². The van der Waals surface area contributed by atoms with Crippen LogP contribution in [0, 0.1) is 0 Å². The molecule has 3 heteroatoms. The Morgan fingerprint density at radius 1 is 0.828 bits per heavy atom. The zero-order valence-corrected chi connectivity index (χ0v) is 18.9. The predicted octanol–water partition coefficient (Wildman–Crippen LogP) is 7.12. The van der Waals surface area contributed by atoms with Gasteiger partial charge in [-0.2, -0.15) is 0 Å². The number of carbonyl (C=O) groups is 1. The number of carbonyl (C=O) groups excluding carboxylic acids is 1. The fraction of sp³-hybridized carbons (Fsp3) is 0.731. The molecule has 0 saturated carbocycles. The first-order chi connectivity index (χ1) is 14.2. The monoisotopic (exact) mass is 404 g/mol. The van der Waals surface area contributed by atoms with Gasteiger partial charge in [-0.15, -0.1) is 0 Å². The van der Waals surface area contributed by atoms with Crippen LogP contribution < -0.4 is 0 Å². The summed E-state index contributed by atoms with van der Waals surface area (Å²) in [6.07, 6.45) is 15.2. The summed E-state index contributed by atoms with van der Waals surface area (Å²) in [7, 11) is 0. The van der Waals surface area contributed by atoms with Gasteiger partial charge in [0.15, 0.2) is 5.78 Å². The van der Waals surface area contributed by atoms with Crippen LogP contribution in [0.15, 0.2) is 30.3 Å². The summed E-state index contributed by atoms with van der Waals surface area (Å²) in [6, 6.07) is 9.09. The maximum atomic E-state index is 12.5. The van der Waals surface area contributed by atoms with Gasteiger partial charge in [0, 0.05) is 18.6 Å². The molecule has 0 radical (unpaired) electrons. The lowest BCUT2D eigenvalue weighted by Crippen LogP contribution is -2.28. The van der Waals surface area contributed by atoms with Gasteiger partial charge in [-0.3, -0.25) is 4.79 Å². The van der Waals surface area contributed by atoms with Gasteiger partial charge in [0.05, 0.1) is 6.10 Å². The first-order valence-corrected chi connectivity index (χ1v) is 12.1.